The van der Waals surface area contributed by atoms with Crippen molar-refractivity contribution in [3.63, 3.8) is 0 Å². The normalized spacial score (nSPS) is 14.7. The van der Waals surface area contributed by atoms with E-state index in [1.165, 1.54) is 6.08 Å². The molecule has 1 unspecified atom stereocenters. The Morgan fingerprint density at radius 3 is 2.66 bits per heavy atom. The van der Waals surface area contributed by atoms with E-state index in [1.54, 1.807) is 54.7 Å². The van der Waals surface area contributed by atoms with E-state index in [0.717, 1.165) is 22.3 Å². The van der Waals surface area contributed by atoms with Crippen LogP contribution in [0.3, 0.4) is 0 Å². The predicted molar refractivity (Wildman–Crippen MR) is 123 cm³/mol. The smallest absolute Gasteiger partial charge is 0.335 e. The molecule has 2 aromatic carbocycles. The van der Waals surface area contributed by atoms with Crippen LogP contribution in [0, 0.1) is 0 Å². The molecule has 1 atom stereocenters. The number of aromatic carboxylic acids is 1. The van der Waals surface area contributed by atoms with Gasteiger partial charge in [-0.3, -0.25) is 4.79 Å². The van der Waals surface area contributed by atoms with Gasteiger partial charge < -0.3 is 20.9 Å². The van der Waals surface area contributed by atoms with Crippen LogP contribution in [0.2, 0.25) is 5.02 Å². The third-order valence-electron chi connectivity index (χ3n) is 5.06. The number of hydrogen-bond donors (Lipinski definition) is 3. The number of carbonyl (C=O) groups excluding carboxylic acids is 1. The predicted octanol–water partition coefficient (Wildman–Crippen LogP) is 3.82. The average Bonchev–Trinajstić information content (AvgIpc) is 3.21. The largest absolute Gasteiger partial charge is 0.486 e. The summed E-state index contributed by atoms with van der Waals surface area (Å²) in [6.45, 7) is 0.330. The van der Waals surface area contributed by atoms with E-state index in [2.05, 4.69) is 10.3 Å². The van der Waals surface area contributed by atoms with Crippen LogP contribution in [0.15, 0.2) is 60.8 Å². The molecular formula is C24H20ClN3O4. The molecule has 0 fully saturated rings. The van der Waals surface area contributed by atoms with E-state index in [0.29, 0.717) is 29.6 Å². The van der Waals surface area contributed by atoms with Crippen molar-refractivity contribution in [3.8, 4) is 16.9 Å². The van der Waals surface area contributed by atoms with Crippen LogP contribution in [-0.4, -0.2) is 34.6 Å². The van der Waals surface area contributed by atoms with Gasteiger partial charge in [0.2, 0.25) is 5.91 Å². The maximum atomic E-state index is 12.1. The molecule has 0 saturated heterocycles. The second-order valence-electron chi connectivity index (χ2n) is 7.37. The standard InChI is InChI=1S/C24H20ClN3O4/c25-20-11-17(15-3-5-16(6-4-15)24(30)31)9-18-10-19(32-23(18)20)13-28-22(29)8-2-14-1-7-21(26)27-12-14/h1-9,11-12,19H,10,13H2,(H2,26,27)(H,28,29)(H,30,31)/b8-2+. The Kier molecular flexibility index (Phi) is 6.09. The van der Waals surface area contributed by atoms with Gasteiger partial charge in [0.1, 0.15) is 17.7 Å². The van der Waals surface area contributed by atoms with Crippen LogP contribution in [0.25, 0.3) is 17.2 Å². The molecule has 0 bridgehead atoms. The first-order valence-electron chi connectivity index (χ1n) is 9.89. The van der Waals surface area contributed by atoms with E-state index in [1.807, 2.05) is 6.07 Å². The molecule has 1 aliphatic heterocycles. The summed E-state index contributed by atoms with van der Waals surface area (Å²) in [5.41, 5.74) is 9.22. The van der Waals surface area contributed by atoms with Crippen molar-refractivity contribution < 1.29 is 19.4 Å². The lowest BCUT2D eigenvalue weighted by atomic mass is 10.00. The number of rotatable bonds is 6. The molecule has 1 aromatic heterocycles. The minimum absolute atomic E-state index is 0.224. The van der Waals surface area contributed by atoms with Crippen LogP contribution in [0.4, 0.5) is 5.82 Å². The van der Waals surface area contributed by atoms with Crippen LogP contribution < -0.4 is 15.8 Å². The van der Waals surface area contributed by atoms with Crippen LogP contribution >= 0.6 is 11.6 Å². The Morgan fingerprint density at radius 1 is 1.19 bits per heavy atom. The summed E-state index contributed by atoms with van der Waals surface area (Å²) in [5, 5.41) is 12.4. The Morgan fingerprint density at radius 2 is 1.97 bits per heavy atom. The van der Waals surface area contributed by atoms with Gasteiger partial charge in [-0.2, -0.15) is 0 Å². The van der Waals surface area contributed by atoms with Gasteiger partial charge in [0, 0.05) is 24.3 Å². The first-order chi connectivity index (χ1) is 15.4. The average molecular weight is 450 g/mol. The molecule has 1 amide bonds. The fourth-order valence-corrected chi connectivity index (χ4v) is 3.72. The molecule has 0 radical (unpaired) electrons. The summed E-state index contributed by atoms with van der Waals surface area (Å²) in [6, 6.07) is 13.8. The molecule has 0 saturated carbocycles. The number of anilines is 1. The number of hydrogen-bond acceptors (Lipinski definition) is 5. The number of carbonyl (C=O) groups is 2. The third kappa shape index (κ3) is 4.90. The van der Waals surface area contributed by atoms with Gasteiger partial charge in [0.25, 0.3) is 0 Å². The second-order valence-corrected chi connectivity index (χ2v) is 7.77. The number of nitrogens with zero attached hydrogens (tertiary/aromatic N) is 1. The zero-order valence-corrected chi connectivity index (χ0v) is 17.7. The Hall–Kier alpha value is -3.84. The highest BCUT2D eigenvalue weighted by Crippen LogP contribution is 2.39. The number of carboxylic acid groups (broad SMARTS) is 1. The monoisotopic (exact) mass is 449 g/mol. The number of nitrogen functional groups attached to an aromatic ring is 1. The molecule has 0 aliphatic carbocycles. The van der Waals surface area contributed by atoms with E-state index in [-0.39, 0.29) is 17.6 Å². The SMILES string of the molecule is Nc1ccc(/C=C/C(=O)NCC2Cc3cc(-c4ccc(C(=O)O)cc4)cc(Cl)c3O2)cn1. The number of halogens is 1. The second kappa shape index (κ2) is 9.11. The minimum atomic E-state index is -0.971. The van der Waals surface area contributed by atoms with Gasteiger partial charge in [-0.1, -0.05) is 23.7 Å². The number of amides is 1. The molecule has 4 N–H and O–H groups in total. The van der Waals surface area contributed by atoms with Gasteiger partial charge >= 0.3 is 5.97 Å². The molecule has 32 heavy (non-hydrogen) atoms. The van der Waals surface area contributed by atoms with Gasteiger partial charge in [-0.15, -0.1) is 0 Å². The number of fused-ring (bicyclic) bond motifs is 1. The van der Waals surface area contributed by atoms with E-state index < -0.39 is 5.97 Å². The fraction of sp³-hybridized carbons (Fsp3) is 0.125. The molecule has 8 heteroatoms. The molecule has 7 nitrogen and oxygen atoms in total. The fourth-order valence-electron chi connectivity index (χ4n) is 3.43. The van der Waals surface area contributed by atoms with Gasteiger partial charge in [-0.25, -0.2) is 9.78 Å². The highest BCUT2D eigenvalue weighted by atomic mass is 35.5. The molecule has 2 heterocycles. The molecule has 0 spiro atoms. The Labute approximate surface area is 189 Å². The number of ether oxygens (including phenoxy) is 1. The topological polar surface area (TPSA) is 115 Å². The molecular weight excluding hydrogens is 430 g/mol. The summed E-state index contributed by atoms with van der Waals surface area (Å²) >= 11 is 6.43. The number of nitrogens with one attached hydrogen (secondary N) is 1. The zero-order chi connectivity index (χ0) is 22.7. The summed E-state index contributed by atoms with van der Waals surface area (Å²) in [5.74, 6) is -0.183. The van der Waals surface area contributed by atoms with Crippen molar-refractivity contribution >= 4 is 35.4 Å². The lowest BCUT2D eigenvalue weighted by molar-refractivity contribution is -0.116. The van der Waals surface area contributed by atoms with Crippen molar-refractivity contribution in [2.75, 3.05) is 12.3 Å². The van der Waals surface area contributed by atoms with Crippen molar-refractivity contribution in [2.45, 2.75) is 12.5 Å². The van der Waals surface area contributed by atoms with Crippen molar-refractivity contribution in [2.24, 2.45) is 0 Å². The highest BCUT2D eigenvalue weighted by Gasteiger charge is 2.26. The van der Waals surface area contributed by atoms with Crippen molar-refractivity contribution in [3.05, 3.63) is 82.5 Å². The first-order valence-corrected chi connectivity index (χ1v) is 10.3. The van der Waals surface area contributed by atoms with Crippen LogP contribution in [0.5, 0.6) is 5.75 Å². The van der Waals surface area contributed by atoms with Gasteiger partial charge in [-0.05, 0) is 59.2 Å². The van der Waals surface area contributed by atoms with Crippen LogP contribution in [-0.2, 0) is 11.2 Å². The summed E-state index contributed by atoms with van der Waals surface area (Å²) < 4.78 is 5.93. The Bertz CT molecular complexity index is 1190. The zero-order valence-electron chi connectivity index (χ0n) is 16.9. The molecule has 162 valence electrons. The summed E-state index contributed by atoms with van der Waals surface area (Å²) in [7, 11) is 0. The van der Waals surface area contributed by atoms with E-state index >= 15 is 0 Å². The number of carboxylic acids is 1. The third-order valence-corrected chi connectivity index (χ3v) is 5.34. The summed E-state index contributed by atoms with van der Waals surface area (Å²) in [6.07, 6.45) is 5.04. The first kappa shape index (κ1) is 21.4. The lowest BCUT2D eigenvalue weighted by Crippen LogP contribution is -2.33. The van der Waals surface area contributed by atoms with E-state index in [9.17, 15) is 9.59 Å². The highest BCUT2D eigenvalue weighted by molar-refractivity contribution is 6.32. The maximum absolute atomic E-state index is 12.1. The van der Waals surface area contributed by atoms with E-state index in [4.69, 9.17) is 27.2 Å². The number of aromatic nitrogens is 1. The number of pyridine rings is 1. The lowest BCUT2D eigenvalue weighted by Gasteiger charge is -2.11. The van der Waals surface area contributed by atoms with Gasteiger partial charge in [0.05, 0.1) is 17.1 Å². The quantitative estimate of drug-likeness (QED) is 0.493. The molecule has 3 aromatic rings. The van der Waals surface area contributed by atoms with Crippen molar-refractivity contribution in [1.29, 1.82) is 0 Å². The number of nitrogens with two attached hydrogens (primary N) is 1. The van der Waals surface area contributed by atoms with Crippen LogP contribution in [0.1, 0.15) is 21.5 Å². The number of benzene rings is 2. The Balaban J connectivity index is 1.38. The van der Waals surface area contributed by atoms with Gasteiger partial charge in [0.15, 0.2) is 0 Å². The maximum Gasteiger partial charge on any atom is 0.335 e. The molecule has 4 rings (SSSR count). The molecule has 1 aliphatic rings. The summed E-state index contributed by atoms with van der Waals surface area (Å²) in [4.78, 5) is 27.2. The van der Waals surface area contributed by atoms with Crippen molar-refractivity contribution in [1.82, 2.24) is 10.3 Å². The minimum Gasteiger partial charge on any atom is -0.486 e.